The van der Waals surface area contributed by atoms with Crippen LogP contribution in [0, 0.1) is 0 Å². The van der Waals surface area contributed by atoms with Crippen molar-refractivity contribution in [1.29, 1.82) is 0 Å². The molecule has 1 heterocycles. The van der Waals surface area contributed by atoms with Gasteiger partial charge in [0, 0.05) is 12.5 Å². The number of nitrogen functional groups attached to an aromatic ring is 1. The summed E-state index contributed by atoms with van der Waals surface area (Å²) in [4.78, 5) is 27.2. The van der Waals surface area contributed by atoms with Crippen LogP contribution in [0.2, 0.25) is 0 Å². The Labute approximate surface area is 150 Å². The molecule has 0 saturated heterocycles. The van der Waals surface area contributed by atoms with E-state index in [2.05, 4.69) is 25.3 Å². The van der Waals surface area contributed by atoms with Gasteiger partial charge in [0.25, 0.3) is 0 Å². The molecule has 0 bridgehead atoms. The number of methoxy groups -OCH3 is 1. The predicted molar refractivity (Wildman–Crippen MR) is 95.8 cm³/mol. The number of aromatic nitrogens is 1. The molecule has 0 aliphatic heterocycles. The highest BCUT2D eigenvalue weighted by atomic mass is 16.5. The largest absolute Gasteiger partial charge is 0.453 e. The van der Waals surface area contributed by atoms with E-state index in [-0.39, 0.29) is 29.5 Å². The van der Waals surface area contributed by atoms with Gasteiger partial charge in [-0.3, -0.25) is 10.1 Å². The van der Waals surface area contributed by atoms with Crippen LogP contribution in [0.15, 0.2) is 46.6 Å². The Kier molecular flexibility index (Phi) is 6.60. The first-order chi connectivity index (χ1) is 12.5. The summed E-state index contributed by atoms with van der Waals surface area (Å²) >= 11 is 0. The molecular weight excluding hydrogens is 338 g/mol. The number of nitrogens with zero attached hydrogens (tertiary/aromatic N) is 3. The van der Waals surface area contributed by atoms with Crippen LogP contribution in [0.4, 0.5) is 27.8 Å². The summed E-state index contributed by atoms with van der Waals surface area (Å²) in [6, 6.07) is 10.4. The SMILES string of the molecule is CCCC(=O)Oc1cc(N=Nc2ccccc2)c(NC(=O)OC)nc1N. The Morgan fingerprint density at radius 3 is 2.62 bits per heavy atom. The minimum absolute atomic E-state index is 0.0318. The van der Waals surface area contributed by atoms with Crippen molar-refractivity contribution in [2.45, 2.75) is 19.8 Å². The van der Waals surface area contributed by atoms with Crippen molar-refractivity contribution in [1.82, 2.24) is 4.98 Å². The molecule has 0 aliphatic carbocycles. The number of carbonyl (C=O) groups excluding carboxylic acids is 2. The van der Waals surface area contributed by atoms with Crippen LogP contribution in [0.3, 0.4) is 0 Å². The van der Waals surface area contributed by atoms with Gasteiger partial charge >= 0.3 is 12.1 Å². The summed E-state index contributed by atoms with van der Waals surface area (Å²) < 4.78 is 9.74. The summed E-state index contributed by atoms with van der Waals surface area (Å²) in [5.41, 5.74) is 6.56. The first kappa shape index (κ1) is 18.8. The number of azo groups is 1. The van der Waals surface area contributed by atoms with Crippen LogP contribution in [0.1, 0.15) is 19.8 Å². The van der Waals surface area contributed by atoms with E-state index in [4.69, 9.17) is 10.5 Å². The number of carbonyl (C=O) groups is 2. The van der Waals surface area contributed by atoms with Crippen molar-refractivity contribution in [3.8, 4) is 5.75 Å². The van der Waals surface area contributed by atoms with Gasteiger partial charge in [-0.25, -0.2) is 9.78 Å². The molecule has 2 rings (SSSR count). The van der Waals surface area contributed by atoms with E-state index in [1.165, 1.54) is 13.2 Å². The second kappa shape index (κ2) is 9.11. The minimum Gasteiger partial charge on any atom is -0.453 e. The van der Waals surface area contributed by atoms with Gasteiger partial charge in [-0.15, -0.1) is 5.11 Å². The van der Waals surface area contributed by atoms with Crippen LogP contribution < -0.4 is 15.8 Å². The number of nitrogens with one attached hydrogen (secondary N) is 1. The maximum Gasteiger partial charge on any atom is 0.412 e. The van der Waals surface area contributed by atoms with Crippen molar-refractivity contribution in [2.75, 3.05) is 18.2 Å². The van der Waals surface area contributed by atoms with E-state index < -0.39 is 12.1 Å². The highest BCUT2D eigenvalue weighted by molar-refractivity contribution is 5.88. The molecule has 0 spiro atoms. The number of rotatable bonds is 6. The molecule has 3 N–H and O–H groups in total. The monoisotopic (exact) mass is 357 g/mol. The average molecular weight is 357 g/mol. The lowest BCUT2D eigenvalue weighted by Gasteiger charge is -2.11. The van der Waals surface area contributed by atoms with Gasteiger partial charge < -0.3 is 15.2 Å². The number of anilines is 2. The van der Waals surface area contributed by atoms with Crippen molar-refractivity contribution in [3.05, 3.63) is 36.4 Å². The smallest absolute Gasteiger partial charge is 0.412 e. The molecule has 2 aromatic rings. The van der Waals surface area contributed by atoms with E-state index in [9.17, 15) is 9.59 Å². The first-order valence-corrected chi connectivity index (χ1v) is 7.86. The number of hydrogen-bond acceptors (Lipinski definition) is 8. The zero-order valence-electron chi connectivity index (χ0n) is 14.4. The zero-order chi connectivity index (χ0) is 18.9. The first-order valence-electron chi connectivity index (χ1n) is 7.86. The Morgan fingerprint density at radius 2 is 1.96 bits per heavy atom. The van der Waals surface area contributed by atoms with Gasteiger partial charge in [0.1, 0.15) is 5.69 Å². The molecule has 0 atom stereocenters. The number of amides is 1. The summed E-state index contributed by atoms with van der Waals surface area (Å²) in [6.45, 7) is 1.85. The number of ether oxygens (including phenoxy) is 2. The predicted octanol–water partition coefficient (Wildman–Crippen LogP) is 3.96. The van der Waals surface area contributed by atoms with E-state index in [0.717, 1.165) is 0 Å². The van der Waals surface area contributed by atoms with E-state index >= 15 is 0 Å². The molecule has 0 saturated carbocycles. The lowest BCUT2D eigenvalue weighted by atomic mass is 10.3. The lowest BCUT2D eigenvalue weighted by molar-refractivity contribution is -0.134. The quantitative estimate of drug-likeness (QED) is 0.594. The van der Waals surface area contributed by atoms with Crippen molar-refractivity contribution >= 4 is 35.1 Å². The van der Waals surface area contributed by atoms with Crippen molar-refractivity contribution < 1.29 is 19.1 Å². The third-order valence-corrected chi connectivity index (χ3v) is 3.11. The molecule has 9 heteroatoms. The molecule has 0 fully saturated rings. The molecule has 136 valence electrons. The molecule has 0 aliphatic rings. The van der Waals surface area contributed by atoms with Gasteiger partial charge in [-0.2, -0.15) is 5.11 Å². The Hall–Kier alpha value is -3.49. The Morgan fingerprint density at radius 1 is 1.23 bits per heavy atom. The molecule has 26 heavy (non-hydrogen) atoms. The summed E-state index contributed by atoms with van der Waals surface area (Å²) in [5, 5.41) is 10.5. The van der Waals surface area contributed by atoms with Crippen LogP contribution in [0.5, 0.6) is 5.75 Å². The summed E-state index contributed by atoms with van der Waals surface area (Å²) in [7, 11) is 1.21. The fourth-order valence-corrected chi connectivity index (χ4v) is 1.88. The second-order valence-corrected chi connectivity index (χ2v) is 5.12. The van der Waals surface area contributed by atoms with Gasteiger partial charge in [0.05, 0.1) is 12.8 Å². The van der Waals surface area contributed by atoms with E-state index in [1.54, 1.807) is 24.3 Å². The van der Waals surface area contributed by atoms with Crippen molar-refractivity contribution in [2.24, 2.45) is 10.2 Å². The van der Waals surface area contributed by atoms with E-state index in [0.29, 0.717) is 12.1 Å². The third-order valence-electron chi connectivity index (χ3n) is 3.11. The Balaban J connectivity index is 2.37. The molecule has 1 amide bonds. The zero-order valence-corrected chi connectivity index (χ0v) is 14.4. The molecule has 9 nitrogen and oxygen atoms in total. The molecule has 1 aromatic carbocycles. The molecular formula is C17H19N5O4. The van der Waals surface area contributed by atoms with Crippen LogP contribution in [-0.2, 0) is 9.53 Å². The highest BCUT2D eigenvalue weighted by Crippen LogP contribution is 2.33. The van der Waals surface area contributed by atoms with Crippen LogP contribution >= 0.6 is 0 Å². The number of hydrogen-bond donors (Lipinski definition) is 2. The summed E-state index contributed by atoms with van der Waals surface area (Å²) in [6.07, 6.45) is 0.126. The average Bonchev–Trinajstić information content (AvgIpc) is 2.63. The minimum atomic E-state index is -0.746. The number of nitrogens with two attached hydrogens (primary N) is 1. The third kappa shape index (κ3) is 5.26. The van der Waals surface area contributed by atoms with Gasteiger partial charge in [0.2, 0.25) is 0 Å². The normalized spacial score (nSPS) is 10.5. The Bertz CT molecular complexity index is 808. The number of pyridine rings is 1. The fraction of sp³-hybridized carbons (Fsp3) is 0.235. The molecule has 0 unspecified atom stereocenters. The second-order valence-electron chi connectivity index (χ2n) is 5.12. The van der Waals surface area contributed by atoms with Gasteiger partial charge in [0.15, 0.2) is 17.4 Å². The standard InChI is InChI=1S/C17H19N5O4/c1-3-7-14(23)26-13-10-12(22-21-11-8-5-4-6-9-11)16(19-15(13)18)20-17(24)25-2/h4-6,8-10H,3,7H2,1-2H3,(H3,18,19,20,24). The van der Waals surface area contributed by atoms with Crippen LogP contribution in [-0.4, -0.2) is 24.2 Å². The lowest BCUT2D eigenvalue weighted by Crippen LogP contribution is -2.14. The maximum atomic E-state index is 11.7. The number of benzene rings is 1. The van der Waals surface area contributed by atoms with Gasteiger partial charge in [-0.05, 0) is 18.6 Å². The fourth-order valence-electron chi connectivity index (χ4n) is 1.88. The topological polar surface area (TPSA) is 128 Å². The van der Waals surface area contributed by atoms with Gasteiger partial charge in [-0.1, -0.05) is 25.1 Å². The van der Waals surface area contributed by atoms with Crippen molar-refractivity contribution in [3.63, 3.8) is 0 Å². The van der Waals surface area contributed by atoms with E-state index in [1.807, 2.05) is 13.0 Å². The number of esters is 1. The molecule has 1 aromatic heterocycles. The highest BCUT2D eigenvalue weighted by Gasteiger charge is 2.16. The maximum absolute atomic E-state index is 11.7. The van der Waals surface area contributed by atoms with Crippen LogP contribution in [0.25, 0.3) is 0 Å². The molecule has 0 radical (unpaired) electrons. The summed E-state index contributed by atoms with van der Waals surface area (Å²) in [5.74, 6) is -0.439.